The van der Waals surface area contributed by atoms with Crippen LogP contribution in [-0.2, 0) is 20.8 Å². The Hall–Kier alpha value is -3.43. The zero-order valence-corrected chi connectivity index (χ0v) is 18.6. The Morgan fingerprint density at radius 1 is 1.24 bits per heavy atom. The van der Waals surface area contributed by atoms with Crippen LogP contribution in [0.4, 0.5) is 0 Å². The molecule has 0 bridgehead atoms. The van der Waals surface area contributed by atoms with Gasteiger partial charge in [-0.05, 0) is 42.7 Å². The molecule has 1 aromatic carbocycles. The molecule has 33 heavy (non-hydrogen) atoms. The molecule has 1 amide bonds. The minimum atomic E-state index is -1.26. The molecule has 2 aliphatic rings. The van der Waals surface area contributed by atoms with Crippen LogP contribution in [0.5, 0.6) is 0 Å². The number of carbonyl (C=O) groups is 3. The summed E-state index contributed by atoms with van der Waals surface area (Å²) in [6.45, 7) is 2.66. The summed E-state index contributed by atoms with van der Waals surface area (Å²) in [5.41, 5.74) is 5.01. The van der Waals surface area contributed by atoms with Crippen molar-refractivity contribution in [1.29, 1.82) is 0 Å². The number of carboxylic acid groups (broad SMARTS) is 2. The van der Waals surface area contributed by atoms with Crippen molar-refractivity contribution in [3.63, 3.8) is 0 Å². The van der Waals surface area contributed by atoms with Crippen molar-refractivity contribution in [3.05, 3.63) is 53.8 Å². The third kappa shape index (κ3) is 5.50. The number of hydrogen-bond acceptors (Lipinski definition) is 5. The molecule has 0 spiro atoms. The number of carboxylic acids is 2. The number of aliphatic hydroxyl groups is 1. The van der Waals surface area contributed by atoms with Gasteiger partial charge in [-0.3, -0.25) is 9.69 Å². The fraction of sp³-hybridized carbons (Fsp3) is 0.375. The van der Waals surface area contributed by atoms with E-state index in [-0.39, 0.29) is 24.5 Å². The van der Waals surface area contributed by atoms with Gasteiger partial charge >= 0.3 is 11.9 Å². The highest BCUT2D eigenvalue weighted by Gasteiger charge is 2.35. The molecular weight excluding hydrogens is 426 g/mol. The van der Waals surface area contributed by atoms with Gasteiger partial charge in [-0.25, -0.2) is 9.59 Å². The van der Waals surface area contributed by atoms with Crippen LogP contribution < -0.4 is 5.32 Å². The monoisotopic (exact) mass is 455 g/mol. The Balaban J connectivity index is 0.000000331. The first-order valence-electron chi connectivity index (χ1n) is 10.8. The molecule has 176 valence electrons. The number of aliphatic carboxylic acids is 2. The van der Waals surface area contributed by atoms with Gasteiger partial charge in [-0.1, -0.05) is 25.1 Å². The normalized spacial score (nSPS) is 20.4. The van der Waals surface area contributed by atoms with Crippen LogP contribution in [0, 0.1) is 5.92 Å². The first kappa shape index (κ1) is 24.2. The van der Waals surface area contributed by atoms with E-state index in [4.69, 9.17) is 10.2 Å². The molecule has 2 heterocycles. The average Bonchev–Trinajstić information content (AvgIpc) is 3.21. The number of H-pyrrole nitrogens is 1. The molecule has 3 atom stereocenters. The standard InChI is InChI=1S/C20H25N3O2.C4H4O4/c1-3-14(11-24)22-20(25)13-7-16-15-5-4-6-17-19(15)12(9-21-17)8-18(16)23(2)10-13;5-3(6)1-2-4(7)8/h4-7,9,13-14,18,21,24H,3,8,10-11H2,1-2H3,(H,22,25);1-2H,(H,5,6)(H,7,8)/b;2-1-/t13-,14?,18-;/m1./s1. The van der Waals surface area contributed by atoms with E-state index in [2.05, 4.69) is 52.7 Å². The molecule has 2 aromatic rings. The molecule has 0 saturated heterocycles. The van der Waals surface area contributed by atoms with Crippen molar-refractivity contribution in [2.24, 2.45) is 5.92 Å². The maximum absolute atomic E-state index is 12.7. The lowest BCUT2D eigenvalue weighted by Crippen LogP contribution is -2.48. The largest absolute Gasteiger partial charge is 0.478 e. The van der Waals surface area contributed by atoms with E-state index >= 15 is 0 Å². The highest BCUT2D eigenvalue weighted by molar-refractivity contribution is 5.99. The van der Waals surface area contributed by atoms with Gasteiger partial charge in [-0.15, -0.1) is 0 Å². The second kappa shape index (κ2) is 10.5. The summed E-state index contributed by atoms with van der Waals surface area (Å²) in [7, 11) is 2.10. The number of aromatic amines is 1. The fourth-order valence-electron chi connectivity index (χ4n) is 4.34. The van der Waals surface area contributed by atoms with Gasteiger partial charge in [0.1, 0.15) is 0 Å². The summed E-state index contributed by atoms with van der Waals surface area (Å²) in [4.78, 5) is 37.4. The van der Waals surface area contributed by atoms with Gasteiger partial charge in [0.05, 0.1) is 18.6 Å². The van der Waals surface area contributed by atoms with Crippen LogP contribution in [-0.4, -0.2) is 75.3 Å². The van der Waals surface area contributed by atoms with Crippen LogP contribution in [0.1, 0.15) is 24.5 Å². The minimum absolute atomic E-state index is 0.00532. The molecule has 1 aliphatic heterocycles. The van der Waals surface area contributed by atoms with Gasteiger partial charge in [-0.2, -0.15) is 0 Å². The number of rotatable bonds is 6. The summed E-state index contributed by atoms with van der Waals surface area (Å²) in [6.07, 6.45) is 7.09. The van der Waals surface area contributed by atoms with E-state index in [0.717, 1.165) is 18.4 Å². The summed E-state index contributed by atoms with van der Waals surface area (Å²) >= 11 is 0. The van der Waals surface area contributed by atoms with Crippen molar-refractivity contribution in [3.8, 4) is 0 Å². The van der Waals surface area contributed by atoms with E-state index in [0.29, 0.717) is 24.7 Å². The molecule has 1 aliphatic carbocycles. The number of nitrogens with one attached hydrogen (secondary N) is 2. The van der Waals surface area contributed by atoms with Gasteiger partial charge in [0.15, 0.2) is 0 Å². The average molecular weight is 456 g/mol. The van der Waals surface area contributed by atoms with Crippen molar-refractivity contribution in [2.45, 2.75) is 31.8 Å². The first-order valence-corrected chi connectivity index (χ1v) is 10.8. The van der Waals surface area contributed by atoms with Crippen molar-refractivity contribution >= 4 is 34.3 Å². The molecular formula is C24H29N3O6. The number of amides is 1. The van der Waals surface area contributed by atoms with E-state index in [9.17, 15) is 19.5 Å². The predicted molar refractivity (Wildman–Crippen MR) is 124 cm³/mol. The zero-order chi connectivity index (χ0) is 24.1. The van der Waals surface area contributed by atoms with Gasteiger partial charge in [0.25, 0.3) is 0 Å². The third-order valence-corrected chi connectivity index (χ3v) is 6.03. The highest BCUT2D eigenvalue weighted by Crippen LogP contribution is 2.40. The lowest BCUT2D eigenvalue weighted by molar-refractivity contribution is -0.134. The van der Waals surface area contributed by atoms with E-state index in [1.165, 1.54) is 22.1 Å². The second-order valence-electron chi connectivity index (χ2n) is 8.24. The predicted octanol–water partition coefficient (Wildman–Crippen LogP) is 1.64. The topological polar surface area (TPSA) is 143 Å². The molecule has 4 rings (SSSR count). The Labute approximate surface area is 191 Å². The molecule has 0 radical (unpaired) electrons. The molecule has 1 aromatic heterocycles. The number of aliphatic hydroxyl groups excluding tert-OH is 1. The number of fused-ring (bicyclic) bond motifs is 2. The lowest BCUT2D eigenvalue weighted by Gasteiger charge is -2.39. The first-order chi connectivity index (χ1) is 15.7. The number of benzene rings is 1. The fourth-order valence-corrected chi connectivity index (χ4v) is 4.34. The number of likely N-dealkylation sites (N-methyl/N-ethyl adjacent to an activating group) is 1. The Bertz CT molecular complexity index is 1080. The van der Waals surface area contributed by atoms with E-state index < -0.39 is 11.9 Å². The number of aromatic nitrogens is 1. The Morgan fingerprint density at radius 3 is 2.55 bits per heavy atom. The quantitative estimate of drug-likeness (QED) is 0.417. The highest BCUT2D eigenvalue weighted by atomic mass is 16.4. The molecule has 0 fully saturated rings. The molecule has 1 unspecified atom stereocenters. The van der Waals surface area contributed by atoms with Crippen molar-refractivity contribution in [1.82, 2.24) is 15.2 Å². The SMILES string of the molecule is CCC(CO)NC(=O)[C@@H]1C=C2c3cccc4[nH]cc(c34)C[C@H]2N(C)C1.O=C(O)/C=C\C(=O)O. The van der Waals surface area contributed by atoms with Crippen molar-refractivity contribution < 1.29 is 29.7 Å². The Morgan fingerprint density at radius 2 is 1.94 bits per heavy atom. The van der Waals surface area contributed by atoms with E-state index in [1.807, 2.05) is 6.92 Å². The van der Waals surface area contributed by atoms with Crippen LogP contribution in [0.2, 0.25) is 0 Å². The molecule has 0 saturated carbocycles. The Kier molecular flexibility index (Phi) is 7.67. The van der Waals surface area contributed by atoms with Crippen LogP contribution >= 0.6 is 0 Å². The minimum Gasteiger partial charge on any atom is -0.478 e. The lowest BCUT2D eigenvalue weighted by atomic mass is 9.80. The van der Waals surface area contributed by atoms with Crippen LogP contribution in [0.25, 0.3) is 16.5 Å². The number of nitrogens with zero attached hydrogens (tertiary/aromatic N) is 1. The summed E-state index contributed by atoms with van der Waals surface area (Å²) in [5.74, 6) is -2.70. The summed E-state index contributed by atoms with van der Waals surface area (Å²) in [6, 6.07) is 6.49. The second-order valence-corrected chi connectivity index (χ2v) is 8.24. The third-order valence-electron chi connectivity index (χ3n) is 6.03. The van der Waals surface area contributed by atoms with Gasteiger partial charge in [0.2, 0.25) is 5.91 Å². The maximum atomic E-state index is 12.7. The van der Waals surface area contributed by atoms with Gasteiger partial charge < -0.3 is 25.6 Å². The summed E-state index contributed by atoms with van der Waals surface area (Å²) in [5, 5.41) is 29.2. The van der Waals surface area contributed by atoms with Crippen molar-refractivity contribution in [2.75, 3.05) is 20.2 Å². The number of hydrogen-bond donors (Lipinski definition) is 5. The van der Waals surface area contributed by atoms with Gasteiger partial charge in [0, 0.05) is 41.8 Å². The molecule has 5 N–H and O–H groups in total. The van der Waals surface area contributed by atoms with Crippen LogP contribution in [0.15, 0.2) is 42.6 Å². The molecule has 9 heteroatoms. The molecule has 9 nitrogen and oxygen atoms in total. The summed E-state index contributed by atoms with van der Waals surface area (Å²) < 4.78 is 0. The smallest absolute Gasteiger partial charge is 0.328 e. The zero-order valence-electron chi connectivity index (χ0n) is 18.6. The number of carbonyl (C=O) groups excluding carboxylic acids is 1. The maximum Gasteiger partial charge on any atom is 0.328 e. The van der Waals surface area contributed by atoms with Crippen LogP contribution in [0.3, 0.4) is 0 Å². The van der Waals surface area contributed by atoms with E-state index in [1.54, 1.807) is 0 Å².